The fourth-order valence-corrected chi connectivity index (χ4v) is 3.99. The van der Waals surface area contributed by atoms with Gasteiger partial charge < -0.3 is 36.2 Å². The molecule has 0 saturated heterocycles. The average molecular weight is 577 g/mol. The summed E-state index contributed by atoms with van der Waals surface area (Å²) >= 11 is 0. The molecule has 0 bridgehead atoms. The van der Waals surface area contributed by atoms with Crippen LogP contribution >= 0.6 is 29.4 Å². The van der Waals surface area contributed by atoms with Crippen molar-refractivity contribution in [1.82, 2.24) is 0 Å². The van der Waals surface area contributed by atoms with E-state index >= 15 is 0 Å². The Morgan fingerprint density at radius 1 is 0.353 bits per heavy atom. The molecule has 0 unspecified atom stereocenters. The van der Waals surface area contributed by atoms with E-state index in [1.54, 1.807) is 56.9 Å². The third-order valence-electron chi connectivity index (χ3n) is 4.59. The maximum atomic E-state index is 5.01. The highest BCUT2D eigenvalue weighted by Gasteiger charge is 2.07. The third-order valence-corrected chi connectivity index (χ3v) is 13.8. The van der Waals surface area contributed by atoms with Gasteiger partial charge in [0.05, 0.1) is 0 Å². The second-order valence-electron chi connectivity index (χ2n) is 5.98. The topological polar surface area (TPSA) is 73.8 Å². The first-order valence-corrected chi connectivity index (χ1v) is 18.1. The molecule has 0 saturated carbocycles. The van der Waals surface area contributed by atoms with Crippen LogP contribution in [-0.2, 0) is 36.2 Å². The molecule has 0 aliphatic carbocycles. The first-order valence-electron chi connectivity index (χ1n) is 10.1. The Labute approximate surface area is 214 Å². The largest absolute Gasteiger partial charge is 0.341 e. The van der Waals surface area contributed by atoms with Gasteiger partial charge in [-0.05, 0) is 0 Å². The monoisotopic (exact) mass is 576 g/mol. The minimum Gasteiger partial charge on any atom is -0.341 e. The quantitative estimate of drug-likeness (QED) is 0.220. The molecule has 0 aromatic rings. The van der Waals surface area contributed by atoms with Gasteiger partial charge in [-0.25, -0.2) is 0 Å². The van der Waals surface area contributed by atoms with Crippen molar-refractivity contribution in [2.45, 2.75) is 42.5 Å². The molecule has 0 atom stereocenters. The van der Waals surface area contributed by atoms with Crippen LogP contribution < -0.4 is 0 Å². The van der Waals surface area contributed by atoms with Gasteiger partial charge >= 0.3 is 0 Å². The molecule has 34 heavy (non-hydrogen) atoms. The number of hydrogen-bond acceptors (Lipinski definition) is 8. The van der Waals surface area contributed by atoms with Crippen LogP contribution in [0.5, 0.6) is 0 Å². The Bertz CT molecular complexity index is 432. The lowest BCUT2D eigenvalue weighted by Crippen LogP contribution is -1.90. The van der Waals surface area contributed by atoms with Gasteiger partial charge in [0.2, 0.25) is 0 Å². The molecular formula is C22H60O8P4. The lowest BCUT2D eigenvalue weighted by molar-refractivity contribution is 0.336. The van der Waals surface area contributed by atoms with Crippen LogP contribution in [0.1, 0.15) is 42.5 Å². The summed E-state index contributed by atoms with van der Waals surface area (Å²) in [5.41, 5.74) is 0. The lowest BCUT2D eigenvalue weighted by Gasteiger charge is -2.16. The van der Waals surface area contributed by atoms with Crippen LogP contribution in [0.3, 0.4) is 0 Å². The van der Waals surface area contributed by atoms with Crippen molar-refractivity contribution in [2.75, 3.05) is 81.5 Å². The Kier molecular flexibility index (Phi) is 38.0. The summed E-state index contributed by atoms with van der Waals surface area (Å²) in [4.78, 5) is 0. The van der Waals surface area contributed by atoms with Crippen LogP contribution in [0.25, 0.3) is 0 Å². The summed E-state index contributed by atoms with van der Waals surface area (Å²) in [6.07, 6.45) is 18.7. The molecule has 8 nitrogen and oxygen atoms in total. The second-order valence-corrected chi connectivity index (χ2v) is 18.0. The van der Waals surface area contributed by atoms with E-state index in [0.29, 0.717) is 0 Å². The van der Waals surface area contributed by atoms with E-state index in [-0.39, 0.29) is 14.9 Å². The van der Waals surface area contributed by atoms with E-state index < -0.39 is 29.4 Å². The number of rotatable bonds is 12. The zero-order chi connectivity index (χ0) is 26.5. The molecule has 0 rings (SSSR count). The predicted molar refractivity (Wildman–Crippen MR) is 168 cm³/mol. The summed E-state index contributed by atoms with van der Waals surface area (Å²) in [6, 6.07) is 0. The minimum absolute atomic E-state index is 0. The lowest BCUT2D eigenvalue weighted by atomic mass is 11.0. The second kappa shape index (κ2) is 26.9. The molecule has 0 fully saturated rings. The van der Waals surface area contributed by atoms with Gasteiger partial charge in [-0.3, -0.25) is 0 Å². The molecule has 0 amide bonds. The Morgan fingerprint density at radius 3 is 0.441 bits per heavy atom. The minimum atomic E-state index is -1.66. The molecule has 0 aliphatic heterocycles. The van der Waals surface area contributed by atoms with Gasteiger partial charge in [0.15, 0.2) is 0 Å². The van der Waals surface area contributed by atoms with Crippen molar-refractivity contribution in [3.63, 3.8) is 0 Å². The fraction of sp³-hybridized carbons (Fsp3) is 0.818. The molecule has 0 aromatic carbocycles. The van der Waals surface area contributed by atoms with Crippen molar-refractivity contribution >= 4 is 54.6 Å². The molecule has 216 valence electrons. The van der Waals surface area contributed by atoms with Crippen molar-refractivity contribution in [3.05, 3.63) is 0 Å². The van der Waals surface area contributed by atoms with Crippen molar-refractivity contribution in [1.29, 1.82) is 0 Å². The molecule has 0 aliphatic rings. The van der Waals surface area contributed by atoms with Gasteiger partial charge in [0.1, 0.15) is 29.4 Å². The summed E-state index contributed by atoms with van der Waals surface area (Å²) < 4.78 is 40.1. The smallest absolute Gasteiger partial charge is 0.116 e. The predicted octanol–water partition coefficient (Wildman–Crippen LogP) is 7.59. The van der Waals surface area contributed by atoms with Crippen molar-refractivity contribution < 1.29 is 36.2 Å². The Morgan fingerprint density at radius 2 is 0.441 bits per heavy atom. The highest BCUT2D eigenvalue weighted by Crippen LogP contribution is 2.46. The van der Waals surface area contributed by atoms with E-state index in [9.17, 15) is 0 Å². The third kappa shape index (κ3) is 24.6. The van der Waals surface area contributed by atoms with Gasteiger partial charge in [-0.15, -0.1) is 0 Å². The van der Waals surface area contributed by atoms with Crippen LogP contribution in [0, 0.1) is 0 Å². The molecule has 0 aromatic heterocycles. The first kappa shape index (κ1) is 48.0. The van der Waals surface area contributed by atoms with Gasteiger partial charge in [-0.1, -0.05) is 67.7 Å². The van der Waals surface area contributed by atoms with Crippen molar-refractivity contribution in [3.8, 4) is 0 Å². The highest BCUT2D eigenvalue weighted by molar-refractivity contribution is 7.65. The summed E-state index contributed by atoms with van der Waals surface area (Å²) in [5.74, 6) is 0. The highest BCUT2D eigenvalue weighted by atomic mass is 31.2. The first-order chi connectivity index (χ1) is 14.7. The fourth-order valence-electron chi connectivity index (χ4n) is 1.33. The summed E-state index contributed by atoms with van der Waals surface area (Å²) in [5, 5.41) is 0. The van der Waals surface area contributed by atoms with Crippen LogP contribution in [0.4, 0.5) is 0 Å². The average Bonchev–Trinajstić information content (AvgIpc) is 2.87. The molecule has 12 heteroatoms. The molecule has 0 heterocycles. The molecule has 0 spiro atoms. The molecule has 0 N–H and O–H groups in total. The number of hydrogen-bond donors (Lipinski definition) is 0. The van der Waals surface area contributed by atoms with Crippen molar-refractivity contribution in [2.24, 2.45) is 0 Å². The normalized spacial score (nSPS) is 11.2. The van der Waals surface area contributed by atoms with Crippen LogP contribution in [0.2, 0.25) is 0 Å². The maximum absolute atomic E-state index is 5.01. The summed E-state index contributed by atoms with van der Waals surface area (Å²) in [6.45, 7) is 8.03. The van der Waals surface area contributed by atoms with Gasteiger partial charge in [0, 0.05) is 81.5 Å². The van der Waals surface area contributed by atoms with E-state index in [1.165, 1.54) is 0 Å². The van der Waals surface area contributed by atoms with E-state index in [1.807, 2.05) is 27.7 Å². The van der Waals surface area contributed by atoms with E-state index in [4.69, 9.17) is 36.2 Å². The van der Waals surface area contributed by atoms with E-state index in [0.717, 1.165) is 24.6 Å². The zero-order valence-corrected chi connectivity index (χ0v) is 26.3. The van der Waals surface area contributed by atoms with Gasteiger partial charge in [0.25, 0.3) is 0 Å². The SMILES string of the molecule is C.C.C=P(CC)(OC)OC.C=P(CC)(OC)OC.C=P(CC)(OC)OC.C=P(CC)(OC)OC. The Balaban J connectivity index is -0.0000000754. The standard InChI is InChI=1S/4C5H13O2P.2CH4/c4*1-5-8(4,6-2)7-3;;/h4*4-5H2,1-3H3;2*1H4. The Hall–Kier alpha value is 0.880. The van der Waals surface area contributed by atoms with Crippen LogP contribution in [-0.4, -0.2) is 107 Å². The summed E-state index contributed by atoms with van der Waals surface area (Å²) in [7, 11) is 6.41. The zero-order valence-electron chi connectivity index (χ0n) is 22.7. The molecular weight excluding hydrogens is 516 g/mol. The van der Waals surface area contributed by atoms with Crippen LogP contribution in [0.15, 0.2) is 0 Å². The maximum Gasteiger partial charge on any atom is 0.116 e. The van der Waals surface area contributed by atoms with E-state index in [2.05, 4.69) is 25.2 Å². The van der Waals surface area contributed by atoms with Gasteiger partial charge in [-0.2, -0.15) is 0 Å². The molecule has 0 radical (unpaired) electrons.